The van der Waals surface area contributed by atoms with Crippen molar-refractivity contribution in [1.82, 2.24) is 4.98 Å². The second-order valence-electron chi connectivity index (χ2n) is 3.63. The van der Waals surface area contributed by atoms with Gasteiger partial charge in [0.2, 0.25) is 5.91 Å². The molecule has 1 atom stereocenters. The molecule has 1 amide bonds. The van der Waals surface area contributed by atoms with Gasteiger partial charge >= 0.3 is 0 Å². The Labute approximate surface area is 93.8 Å². The van der Waals surface area contributed by atoms with Crippen LogP contribution in [0, 0.1) is 5.92 Å². The molecule has 1 fully saturated rings. The second kappa shape index (κ2) is 4.94. The lowest BCUT2D eigenvalue weighted by atomic mass is 10.1. The summed E-state index contributed by atoms with van der Waals surface area (Å²) in [5.41, 5.74) is 0. The molecule has 1 unspecified atom stereocenters. The zero-order valence-electron chi connectivity index (χ0n) is 9.10. The fourth-order valence-electron chi connectivity index (χ4n) is 1.58. The number of hydrogen-bond acceptors (Lipinski definition) is 4. The molecular weight excluding hydrogens is 208 g/mol. The molecule has 2 rings (SSSR count). The highest BCUT2D eigenvalue weighted by Crippen LogP contribution is 2.17. The van der Waals surface area contributed by atoms with Crippen molar-refractivity contribution < 1.29 is 14.3 Å². The molecule has 1 aliphatic heterocycles. The summed E-state index contributed by atoms with van der Waals surface area (Å²) in [7, 11) is 1.58. The van der Waals surface area contributed by atoms with E-state index in [1.165, 1.54) is 0 Å². The van der Waals surface area contributed by atoms with Gasteiger partial charge in [-0.1, -0.05) is 0 Å². The van der Waals surface area contributed by atoms with Crippen molar-refractivity contribution in [3.05, 3.63) is 18.3 Å². The molecule has 1 aromatic heterocycles. The number of amides is 1. The summed E-state index contributed by atoms with van der Waals surface area (Å²) in [6.07, 6.45) is 2.37. The fraction of sp³-hybridized carbons (Fsp3) is 0.455. The lowest BCUT2D eigenvalue weighted by molar-refractivity contribution is -0.119. The molecule has 86 valence electrons. The number of pyridine rings is 1. The van der Waals surface area contributed by atoms with Gasteiger partial charge in [0.05, 0.1) is 19.6 Å². The van der Waals surface area contributed by atoms with E-state index in [-0.39, 0.29) is 11.8 Å². The predicted octanol–water partition coefficient (Wildman–Crippen LogP) is 1.07. The Hall–Kier alpha value is -1.62. The van der Waals surface area contributed by atoms with Gasteiger partial charge < -0.3 is 14.8 Å². The van der Waals surface area contributed by atoms with E-state index in [9.17, 15) is 4.79 Å². The van der Waals surface area contributed by atoms with Gasteiger partial charge in [-0.15, -0.1) is 0 Å². The predicted molar refractivity (Wildman–Crippen MR) is 58.3 cm³/mol. The highest BCUT2D eigenvalue weighted by Gasteiger charge is 2.23. The fourth-order valence-corrected chi connectivity index (χ4v) is 1.58. The van der Waals surface area contributed by atoms with Crippen LogP contribution >= 0.6 is 0 Å². The topological polar surface area (TPSA) is 60.5 Å². The normalized spacial score (nSPS) is 19.4. The van der Waals surface area contributed by atoms with Crippen molar-refractivity contribution in [3.8, 4) is 5.75 Å². The first kappa shape index (κ1) is 10.9. The number of carbonyl (C=O) groups is 1. The smallest absolute Gasteiger partial charge is 0.231 e. The standard InChI is InChI=1S/C11H14N2O3/c1-15-9-2-4-12-10(6-9)13-11(14)8-3-5-16-7-8/h2,4,6,8H,3,5,7H2,1H3,(H,12,13,14). The monoisotopic (exact) mass is 222 g/mol. The lowest BCUT2D eigenvalue weighted by Crippen LogP contribution is -2.23. The molecule has 1 N–H and O–H groups in total. The van der Waals surface area contributed by atoms with Crippen LogP contribution in [0.3, 0.4) is 0 Å². The van der Waals surface area contributed by atoms with E-state index in [4.69, 9.17) is 9.47 Å². The van der Waals surface area contributed by atoms with Crippen molar-refractivity contribution in [3.63, 3.8) is 0 Å². The average molecular weight is 222 g/mol. The van der Waals surface area contributed by atoms with Crippen LogP contribution in [0.2, 0.25) is 0 Å². The summed E-state index contributed by atoms with van der Waals surface area (Å²) in [5.74, 6) is 1.08. The maximum absolute atomic E-state index is 11.7. The van der Waals surface area contributed by atoms with Crippen molar-refractivity contribution in [2.75, 3.05) is 25.6 Å². The highest BCUT2D eigenvalue weighted by atomic mass is 16.5. The minimum Gasteiger partial charge on any atom is -0.497 e. The number of anilines is 1. The molecule has 0 bridgehead atoms. The number of nitrogens with zero attached hydrogens (tertiary/aromatic N) is 1. The molecule has 0 spiro atoms. The molecule has 1 saturated heterocycles. The summed E-state index contributed by atoms with van der Waals surface area (Å²) < 4.78 is 10.2. The van der Waals surface area contributed by atoms with Crippen LogP contribution in [0.25, 0.3) is 0 Å². The first-order chi connectivity index (χ1) is 7.79. The van der Waals surface area contributed by atoms with Gasteiger partial charge in [-0.05, 0) is 12.5 Å². The summed E-state index contributed by atoms with van der Waals surface area (Å²) in [4.78, 5) is 15.8. The van der Waals surface area contributed by atoms with E-state index >= 15 is 0 Å². The molecule has 0 aliphatic carbocycles. The first-order valence-electron chi connectivity index (χ1n) is 5.18. The lowest BCUT2D eigenvalue weighted by Gasteiger charge is -2.09. The number of rotatable bonds is 3. The van der Waals surface area contributed by atoms with Crippen LogP contribution in [0.5, 0.6) is 5.75 Å². The van der Waals surface area contributed by atoms with E-state index in [1.54, 1.807) is 25.4 Å². The number of hydrogen-bond donors (Lipinski definition) is 1. The largest absolute Gasteiger partial charge is 0.497 e. The Balaban J connectivity index is 1.99. The molecule has 0 radical (unpaired) electrons. The van der Waals surface area contributed by atoms with Crippen LogP contribution < -0.4 is 10.1 Å². The number of ether oxygens (including phenoxy) is 2. The number of aromatic nitrogens is 1. The number of methoxy groups -OCH3 is 1. The van der Waals surface area contributed by atoms with Gasteiger partial charge in [-0.3, -0.25) is 4.79 Å². The van der Waals surface area contributed by atoms with Crippen LogP contribution in [-0.4, -0.2) is 31.2 Å². The highest BCUT2D eigenvalue weighted by molar-refractivity contribution is 5.92. The Morgan fingerprint density at radius 1 is 1.69 bits per heavy atom. The van der Waals surface area contributed by atoms with Gasteiger partial charge in [0.25, 0.3) is 0 Å². The first-order valence-corrected chi connectivity index (χ1v) is 5.18. The minimum atomic E-state index is -0.0620. The van der Waals surface area contributed by atoms with Gasteiger partial charge in [-0.2, -0.15) is 0 Å². The number of nitrogens with one attached hydrogen (secondary N) is 1. The molecule has 0 saturated carbocycles. The third-order valence-electron chi connectivity index (χ3n) is 2.52. The second-order valence-corrected chi connectivity index (χ2v) is 3.63. The summed E-state index contributed by atoms with van der Waals surface area (Å²) in [6.45, 7) is 1.15. The average Bonchev–Trinajstić information content (AvgIpc) is 2.83. The molecule has 5 heteroatoms. The third kappa shape index (κ3) is 2.49. The van der Waals surface area contributed by atoms with E-state index in [0.29, 0.717) is 24.8 Å². The Morgan fingerprint density at radius 3 is 3.25 bits per heavy atom. The molecule has 5 nitrogen and oxygen atoms in total. The van der Waals surface area contributed by atoms with Gasteiger partial charge in [0.1, 0.15) is 11.6 Å². The zero-order valence-corrected chi connectivity index (χ0v) is 9.10. The van der Waals surface area contributed by atoms with Gasteiger partial charge in [-0.25, -0.2) is 4.98 Å². The van der Waals surface area contributed by atoms with Crippen molar-refractivity contribution in [1.29, 1.82) is 0 Å². The van der Waals surface area contributed by atoms with Crippen LogP contribution in [-0.2, 0) is 9.53 Å². The maximum Gasteiger partial charge on any atom is 0.231 e. The van der Waals surface area contributed by atoms with Crippen molar-refractivity contribution in [2.45, 2.75) is 6.42 Å². The van der Waals surface area contributed by atoms with E-state index in [0.717, 1.165) is 6.42 Å². The summed E-state index contributed by atoms with van der Waals surface area (Å²) in [5, 5.41) is 2.75. The summed E-state index contributed by atoms with van der Waals surface area (Å²) >= 11 is 0. The van der Waals surface area contributed by atoms with Crippen LogP contribution in [0.15, 0.2) is 18.3 Å². The molecular formula is C11H14N2O3. The number of carbonyl (C=O) groups excluding carboxylic acids is 1. The Morgan fingerprint density at radius 2 is 2.56 bits per heavy atom. The van der Waals surface area contributed by atoms with E-state index in [1.807, 2.05) is 0 Å². The van der Waals surface area contributed by atoms with Crippen molar-refractivity contribution >= 4 is 11.7 Å². The van der Waals surface area contributed by atoms with E-state index < -0.39 is 0 Å². The third-order valence-corrected chi connectivity index (χ3v) is 2.52. The van der Waals surface area contributed by atoms with Gasteiger partial charge in [0, 0.05) is 18.9 Å². The molecule has 1 aliphatic rings. The Kier molecular flexibility index (Phi) is 3.36. The molecule has 16 heavy (non-hydrogen) atoms. The van der Waals surface area contributed by atoms with E-state index in [2.05, 4.69) is 10.3 Å². The zero-order chi connectivity index (χ0) is 11.4. The van der Waals surface area contributed by atoms with Gasteiger partial charge in [0.15, 0.2) is 0 Å². The van der Waals surface area contributed by atoms with Crippen molar-refractivity contribution in [2.24, 2.45) is 5.92 Å². The SMILES string of the molecule is COc1ccnc(NC(=O)C2CCOC2)c1. The quantitative estimate of drug-likeness (QED) is 0.830. The molecule has 1 aromatic rings. The minimum absolute atomic E-state index is 0.0433. The van der Waals surface area contributed by atoms with Crippen LogP contribution in [0.1, 0.15) is 6.42 Å². The summed E-state index contributed by atoms with van der Waals surface area (Å²) in [6, 6.07) is 3.42. The molecule has 2 heterocycles. The maximum atomic E-state index is 11.7. The van der Waals surface area contributed by atoms with Crippen LogP contribution in [0.4, 0.5) is 5.82 Å². The molecule has 0 aromatic carbocycles. The Bertz CT molecular complexity index is 375.